The minimum absolute atomic E-state index is 0.0211. The monoisotopic (exact) mass is 393 g/mol. The number of nitro groups is 1. The van der Waals surface area contributed by atoms with Gasteiger partial charge in [-0.1, -0.05) is 23.7 Å². The highest BCUT2D eigenvalue weighted by Gasteiger charge is 2.18. The van der Waals surface area contributed by atoms with Crippen LogP contribution in [0.5, 0.6) is 0 Å². The summed E-state index contributed by atoms with van der Waals surface area (Å²) in [5.74, 6) is 0. The van der Waals surface area contributed by atoms with Crippen LogP contribution in [0, 0.1) is 10.1 Å². The normalized spacial score (nSPS) is 10.9. The van der Waals surface area contributed by atoms with E-state index in [0.717, 1.165) is 0 Å². The number of halogens is 1. The molecule has 3 aromatic heterocycles. The lowest BCUT2D eigenvalue weighted by Crippen LogP contribution is -2.25. The van der Waals surface area contributed by atoms with Crippen molar-refractivity contribution in [3.05, 3.63) is 92.1 Å². The second-order valence-electron chi connectivity index (χ2n) is 5.96. The van der Waals surface area contributed by atoms with Crippen LogP contribution in [0.1, 0.15) is 5.69 Å². The molecule has 1 aromatic carbocycles. The maximum absolute atomic E-state index is 12.8. The molecule has 4 rings (SSSR count). The molecule has 0 amide bonds. The Morgan fingerprint density at radius 3 is 2.64 bits per heavy atom. The molecule has 0 radical (unpaired) electrons. The second-order valence-corrected chi connectivity index (χ2v) is 6.36. The van der Waals surface area contributed by atoms with E-state index in [-0.39, 0.29) is 22.8 Å². The molecule has 0 spiro atoms. The van der Waals surface area contributed by atoms with Crippen LogP contribution in [-0.2, 0) is 6.54 Å². The third kappa shape index (κ3) is 3.21. The largest absolute Gasteiger partial charge is 0.288 e. The van der Waals surface area contributed by atoms with Gasteiger partial charge in [0.1, 0.15) is 16.2 Å². The summed E-state index contributed by atoms with van der Waals surface area (Å²) in [6, 6.07) is 13.1. The SMILES string of the molecule is O=c1c2cccnc2c(-c2ccc(Cl)c([N+](=O)[O-])c2)nn1Cc1ccccn1. The smallest absolute Gasteiger partial charge is 0.267 e. The van der Waals surface area contributed by atoms with E-state index in [2.05, 4.69) is 15.1 Å². The van der Waals surface area contributed by atoms with Gasteiger partial charge in [-0.25, -0.2) is 4.68 Å². The van der Waals surface area contributed by atoms with Gasteiger partial charge in [-0.3, -0.25) is 24.9 Å². The number of fused-ring (bicyclic) bond motifs is 1. The molecule has 0 aliphatic rings. The van der Waals surface area contributed by atoms with E-state index in [4.69, 9.17) is 11.6 Å². The molecule has 4 aromatic rings. The van der Waals surface area contributed by atoms with Gasteiger partial charge in [0, 0.05) is 24.0 Å². The maximum Gasteiger partial charge on any atom is 0.288 e. The number of benzene rings is 1. The summed E-state index contributed by atoms with van der Waals surface area (Å²) in [6.45, 7) is 0.160. The zero-order chi connectivity index (χ0) is 19.7. The van der Waals surface area contributed by atoms with E-state index in [9.17, 15) is 14.9 Å². The maximum atomic E-state index is 12.8. The minimum atomic E-state index is -0.564. The fourth-order valence-electron chi connectivity index (χ4n) is 2.87. The standard InChI is InChI=1S/C19H12ClN5O3/c20-15-7-6-12(10-16(15)25(27)28)17-18-14(5-3-9-22-18)19(26)24(23-17)11-13-4-1-2-8-21-13/h1-10H,11H2. The average Bonchev–Trinajstić information content (AvgIpc) is 2.71. The van der Waals surface area contributed by atoms with Crippen molar-refractivity contribution < 1.29 is 4.92 Å². The van der Waals surface area contributed by atoms with Crippen molar-refractivity contribution in [1.29, 1.82) is 0 Å². The predicted octanol–water partition coefficient (Wildman–Crippen LogP) is 3.46. The number of hydrogen-bond donors (Lipinski definition) is 0. The van der Waals surface area contributed by atoms with Crippen molar-refractivity contribution in [3.63, 3.8) is 0 Å². The van der Waals surface area contributed by atoms with Crippen molar-refractivity contribution in [2.24, 2.45) is 0 Å². The fourth-order valence-corrected chi connectivity index (χ4v) is 3.05. The summed E-state index contributed by atoms with van der Waals surface area (Å²) in [7, 11) is 0. The summed E-state index contributed by atoms with van der Waals surface area (Å²) in [6.07, 6.45) is 3.17. The molecule has 0 unspecified atom stereocenters. The van der Waals surface area contributed by atoms with Crippen molar-refractivity contribution >= 4 is 28.2 Å². The Kier molecular flexibility index (Phi) is 4.54. The van der Waals surface area contributed by atoms with Gasteiger partial charge in [0.25, 0.3) is 11.2 Å². The molecule has 0 atom stereocenters. The Labute approximate surface area is 163 Å². The Hall–Kier alpha value is -3.65. The number of rotatable bonds is 4. The molecule has 0 saturated heterocycles. The van der Waals surface area contributed by atoms with Crippen LogP contribution in [0.4, 0.5) is 5.69 Å². The Bertz CT molecular complexity index is 1260. The number of pyridine rings is 2. The highest BCUT2D eigenvalue weighted by molar-refractivity contribution is 6.32. The van der Waals surface area contributed by atoms with Gasteiger partial charge in [0.2, 0.25) is 0 Å². The molecule has 0 aliphatic heterocycles. The van der Waals surface area contributed by atoms with Gasteiger partial charge < -0.3 is 0 Å². The third-order valence-corrected chi connectivity index (χ3v) is 4.49. The Morgan fingerprint density at radius 1 is 1.07 bits per heavy atom. The summed E-state index contributed by atoms with van der Waals surface area (Å²) >= 11 is 5.92. The van der Waals surface area contributed by atoms with Crippen molar-refractivity contribution in [1.82, 2.24) is 19.7 Å². The van der Waals surface area contributed by atoms with E-state index in [1.54, 1.807) is 42.7 Å². The average molecular weight is 394 g/mol. The zero-order valence-corrected chi connectivity index (χ0v) is 15.1. The van der Waals surface area contributed by atoms with Gasteiger partial charge in [0.15, 0.2) is 0 Å². The molecule has 138 valence electrons. The minimum Gasteiger partial charge on any atom is -0.267 e. The highest BCUT2D eigenvalue weighted by Crippen LogP contribution is 2.31. The third-order valence-electron chi connectivity index (χ3n) is 4.17. The summed E-state index contributed by atoms with van der Waals surface area (Å²) in [5.41, 5.74) is 1.25. The van der Waals surface area contributed by atoms with E-state index in [1.165, 1.54) is 16.8 Å². The summed E-state index contributed by atoms with van der Waals surface area (Å²) in [5, 5.41) is 16.1. The van der Waals surface area contributed by atoms with Gasteiger partial charge >= 0.3 is 0 Å². The van der Waals surface area contributed by atoms with Crippen molar-refractivity contribution in [3.8, 4) is 11.3 Å². The molecular formula is C19H12ClN5O3. The lowest BCUT2D eigenvalue weighted by molar-refractivity contribution is -0.384. The van der Waals surface area contributed by atoms with Crippen molar-refractivity contribution in [2.75, 3.05) is 0 Å². The number of nitrogens with zero attached hydrogens (tertiary/aromatic N) is 5. The lowest BCUT2D eigenvalue weighted by atomic mass is 10.1. The van der Waals surface area contributed by atoms with Crippen LogP contribution in [0.2, 0.25) is 5.02 Å². The number of nitro benzene ring substituents is 1. The molecule has 8 nitrogen and oxygen atoms in total. The first-order valence-electron chi connectivity index (χ1n) is 8.24. The molecule has 9 heteroatoms. The molecule has 0 N–H and O–H groups in total. The second kappa shape index (κ2) is 7.16. The van der Waals surface area contributed by atoms with Crippen LogP contribution >= 0.6 is 11.6 Å². The van der Waals surface area contributed by atoms with Crippen LogP contribution in [0.3, 0.4) is 0 Å². The molecule has 0 bridgehead atoms. The van der Waals surface area contributed by atoms with E-state index in [1.807, 2.05) is 6.07 Å². The summed E-state index contributed by atoms with van der Waals surface area (Å²) < 4.78 is 1.28. The van der Waals surface area contributed by atoms with Crippen LogP contribution < -0.4 is 5.56 Å². The lowest BCUT2D eigenvalue weighted by Gasteiger charge is -2.10. The predicted molar refractivity (Wildman–Crippen MR) is 104 cm³/mol. The van der Waals surface area contributed by atoms with Gasteiger partial charge in [-0.15, -0.1) is 0 Å². The van der Waals surface area contributed by atoms with Gasteiger partial charge in [-0.05, 0) is 30.3 Å². The molecule has 28 heavy (non-hydrogen) atoms. The number of aromatic nitrogens is 4. The van der Waals surface area contributed by atoms with Crippen LogP contribution in [0.15, 0.2) is 65.7 Å². The Balaban J connectivity index is 1.96. The fraction of sp³-hybridized carbons (Fsp3) is 0.0526. The molecule has 0 aliphatic carbocycles. The van der Waals surface area contributed by atoms with E-state index >= 15 is 0 Å². The first kappa shape index (κ1) is 17.7. The zero-order valence-electron chi connectivity index (χ0n) is 14.3. The number of hydrogen-bond acceptors (Lipinski definition) is 6. The molecular weight excluding hydrogens is 382 g/mol. The van der Waals surface area contributed by atoms with Gasteiger partial charge in [-0.2, -0.15) is 5.10 Å². The molecule has 0 saturated carbocycles. The van der Waals surface area contributed by atoms with Crippen molar-refractivity contribution in [2.45, 2.75) is 6.54 Å². The van der Waals surface area contributed by atoms with Gasteiger partial charge in [0.05, 0.1) is 22.5 Å². The first-order chi connectivity index (χ1) is 13.5. The topological polar surface area (TPSA) is 104 Å². The molecule has 3 heterocycles. The molecule has 0 fully saturated rings. The van der Waals surface area contributed by atoms with E-state index < -0.39 is 4.92 Å². The quantitative estimate of drug-likeness (QED) is 0.388. The summed E-state index contributed by atoms with van der Waals surface area (Å²) in [4.78, 5) is 32.0. The van der Waals surface area contributed by atoms with Crippen LogP contribution in [0.25, 0.3) is 22.2 Å². The van der Waals surface area contributed by atoms with Crippen LogP contribution in [-0.4, -0.2) is 24.7 Å². The first-order valence-corrected chi connectivity index (χ1v) is 8.62. The highest BCUT2D eigenvalue weighted by atomic mass is 35.5. The Morgan fingerprint density at radius 2 is 1.89 bits per heavy atom. The van der Waals surface area contributed by atoms with E-state index in [0.29, 0.717) is 27.9 Å².